The first-order valence-electron chi connectivity index (χ1n) is 7.63. The van der Waals surface area contributed by atoms with Crippen molar-refractivity contribution in [1.82, 2.24) is 9.97 Å². The Kier molecular flexibility index (Phi) is 3.38. The molecule has 6 nitrogen and oxygen atoms in total. The third-order valence-corrected chi connectivity index (χ3v) is 6.05. The Balaban J connectivity index is 1.85. The van der Waals surface area contributed by atoms with Crippen LogP contribution < -0.4 is 11.1 Å². The van der Waals surface area contributed by atoms with Gasteiger partial charge in [0.1, 0.15) is 0 Å². The third kappa shape index (κ3) is 2.37. The van der Waals surface area contributed by atoms with E-state index in [1.54, 1.807) is 24.5 Å². The van der Waals surface area contributed by atoms with Gasteiger partial charge in [0, 0.05) is 11.6 Å². The molecule has 0 atom stereocenters. The number of benzene rings is 1. The van der Waals surface area contributed by atoms with Crippen molar-refractivity contribution in [1.29, 1.82) is 0 Å². The maximum Gasteiger partial charge on any atom is 0.179 e. The number of hydrogen-bond acceptors (Lipinski definition) is 6. The number of nitrogen functional groups attached to an aromatic ring is 1. The molecule has 24 heavy (non-hydrogen) atoms. The van der Waals surface area contributed by atoms with Crippen LogP contribution in [0.3, 0.4) is 0 Å². The van der Waals surface area contributed by atoms with Crippen molar-refractivity contribution >= 4 is 32.1 Å². The summed E-state index contributed by atoms with van der Waals surface area (Å²) in [5, 5.41) is 4.10. The standard InChI is InChI=1S/C17H16N4O2S/c18-13-10-20-14-4-5-15-12(6-8-24(15,22)23)16(14)17(13)21-9-11-3-1-2-7-19-11/h1-5,7,10H,6,8-9,18H2,(H,20,21). The Bertz CT molecular complexity index is 1030. The first-order valence-corrected chi connectivity index (χ1v) is 9.28. The van der Waals surface area contributed by atoms with Gasteiger partial charge in [-0.05, 0) is 36.2 Å². The van der Waals surface area contributed by atoms with Crippen LogP contribution in [0.2, 0.25) is 0 Å². The van der Waals surface area contributed by atoms with Crippen LogP contribution in [0.25, 0.3) is 10.9 Å². The van der Waals surface area contributed by atoms with E-state index in [2.05, 4.69) is 15.3 Å². The van der Waals surface area contributed by atoms with E-state index >= 15 is 0 Å². The number of aryl methyl sites for hydroxylation is 1. The molecule has 1 aliphatic heterocycles. The molecule has 0 saturated heterocycles. The summed E-state index contributed by atoms with van der Waals surface area (Å²) in [6, 6.07) is 9.08. The predicted octanol–water partition coefficient (Wildman–Crippen LogP) is 2.15. The summed E-state index contributed by atoms with van der Waals surface area (Å²) in [6.45, 7) is 0.501. The van der Waals surface area contributed by atoms with Crippen LogP contribution in [-0.4, -0.2) is 24.1 Å². The summed E-state index contributed by atoms with van der Waals surface area (Å²) in [6.07, 6.45) is 3.81. The van der Waals surface area contributed by atoms with Crippen LogP contribution in [0.15, 0.2) is 47.6 Å². The highest BCUT2D eigenvalue weighted by Crippen LogP contribution is 2.38. The molecule has 0 aliphatic carbocycles. The molecule has 0 fully saturated rings. The Morgan fingerprint density at radius 2 is 2.04 bits per heavy atom. The van der Waals surface area contributed by atoms with Gasteiger partial charge in [0.15, 0.2) is 9.84 Å². The van der Waals surface area contributed by atoms with E-state index in [0.717, 1.165) is 27.8 Å². The highest BCUT2D eigenvalue weighted by atomic mass is 32.2. The van der Waals surface area contributed by atoms with E-state index < -0.39 is 9.84 Å². The monoisotopic (exact) mass is 340 g/mol. The number of fused-ring (bicyclic) bond motifs is 3. The highest BCUT2D eigenvalue weighted by Gasteiger charge is 2.29. The van der Waals surface area contributed by atoms with Gasteiger partial charge >= 0.3 is 0 Å². The molecular formula is C17H16N4O2S. The van der Waals surface area contributed by atoms with E-state index in [0.29, 0.717) is 23.5 Å². The molecule has 1 aliphatic rings. The number of pyridine rings is 2. The fraction of sp³-hybridized carbons (Fsp3) is 0.176. The van der Waals surface area contributed by atoms with Gasteiger partial charge < -0.3 is 11.1 Å². The summed E-state index contributed by atoms with van der Waals surface area (Å²) in [5.41, 5.74) is 9.75. The van der Waals surface area contributed by atoms with E-state index in [-0.39, 0.29) is 5.75 Å². The summed E-state index contributed by atoms with van der Waals surface area (Å²) in [5.74, 6) is 0.135. The van der Waals surface area contributed by atoms with Gasteiger partial charge in [-0.2, -0.15) is 0 Å². The number of rotatable bonds is 3. The Hall–Kier alpha value is -2.67. The third-order valence-electron chi connectivity index (χ3n) is 4.26. The first-order chi connectivity index (χ1) is 11.6. The number of nitrogens with two attached hydrogens (primary N) is 1. The quantitative estimate of drug-likeness (QED) is 0.758. The van der Waals surface area contributed by atoms with Crippen molar-refractivity contribution in [3.63, 3.8) is 0 Å². The molecular weight excluding hydrogens is 324 g/mol. The summed E-state index contributed by atoms with van der Waals surface area (Å²) < 4.78 is 24.4. The van der Waals surface area contributed by atoms with Crippen LogP contribution >= 0.6 is 0 Å². The maximum absolute atomic E-state index is 12.2. The van der Waals surface area contributed by atoms with Crippen molar-refractivity contribution in [3.05, 3.63) is 54.0 Å². The van der Waals surface area contributed by atoms with Gasteiger partial charge in [0.2, 0.25) is 0 Å². The number of hydrogen-bond donors (Lipinski definition) is 2. The Morgan fingerprint density at radius 1 is 1.17 bits per heavy atom. The van der Waals surface area contributed by atoms with Crippen LogP contribution in [0.1, 0.15) is 11.3 Å². The van der Waals surface area contributed by atoms with Crippen molar-refractivity contribution in [2.45, 2.75) is 17.9 Å². The molecule has 2 aromatic heterocycles. The lowest BCUT2D eigenvalue weighted by Crippen LogP contribution is -2.06. The fourth-order valence-corrected chi connectivity index (χ4v) is 4.66. The van der Waals surface area contributed by atoms with Crippen LogP contribution in [0.4, 0.5) is 11.4 Å². The SMILES string of the molecule is Nc1cnc2ccc3c(c2c1NCc1ccccn1)CCS3(=O)=O. The average molecular weight is 340 g/mol. The number of sulfone groups is 1. The van der Waals surface area contributed by atoms with Crippen molar-refractivity contribution in [2.24, 2.45) is 0 Å². The molecule has 0 unspecified atom stereocenters. The zero-order valence-corrected chi connectivity index (χ0v) is 13.7. The van der Waals surface area contributed by atoms with Gasteiger partial charge in [0.05, 0.1) is 46.0 Å². The minimum absolute atomic E-state index is 0.135. The highest BCUT2D eigenvalue weighted by molar-refractivity contribution is 7.91. The smallest absolute Gasteiger partial charge is 0.179 e. The second-order valence-electron chi connectivity index (χ2n) is 5.77. The molecule has 0 amide bonds. The van der Waals surface area contributed by atoms with Gasteiger partial charge in [-0.15, -0.1) is 0 Å². The molecule has 122 valence electrons. The van der Waals surface area contributed by atoms with Crippen molar-refractivity contribution < 1.29 is 8.42 Å². The lowest BCUT2D eigenvalue weighted by molar-refractivity contribution is 0.600. The Morgan fingerprint density at radius 3 is 2.83 bits per heavy atom. The normalized spacial score (nSPS) is 15.3. The zero-order valence-electron chi connectivity index (χ0n) is 12.9. The molecule has 1 aromatic carbocycles. The van der Waals surface area contributed by atoms with Gasteiger partial charge in [-0.25, -0.2) is 8.42 Å². The fourth-order valence-electron chi connectivity index (χ4n) is 3.11. The molecule has 0 spiro atoms. The van der Waals surface area contributed by atoms with Crippen LogP contribution in [-0.2, 0) is 22.8 Å². The molecule has 0 saturated carbocycles. The lowest BCUT2D eigenvalue weighted by Gasteiger charge is -2.14. The van der Waals surface area contributed by atoms with E-state index in [1.807, 2.05) is 18.2 Å². The predicted molar refractivity (Wildman–Crippen MR) is 93.5 cm³/mol. The summed E-state index contributed by atoms with van der Waals surface area (Å²) in [7, 11) is -3.20. The van der Waals surface area contributed by atoms with Crippen molar-refractivity contribution in [2.75, 3.05) is 16.8 Å². The van der Waals surface area contributed by atoms with Crippen LogP contribution in [0.5, 0.6) is 0 Å². The van der Waals surface area contributed by atoms with Crippen LogP contribution in [0, 0.1) is 0 Å². The topological polar surface area (TPSA) is 98.0 Å². The number of aromatic nitrogens is 2. The zero-order chi connectivity index (χ0) is 16.7. The lowest BCUT2D eigenvalue weighted by atomic mass is 10.0. The van der Waals surface area contributed by atoms with Gasteiger partial charge in [-0.3, -0.25) is 9.97 Å². The molecule has 4 rings (SSSR count). The van der Waals surface area contributed by atoms with Gasteiger partial charge in [0.25, 0.3) is 0 Å². The molecule has 0 radical (unpaired) electrons. The first kappa shape index (κ1) is 14.9. The second kappa shape index (κ2) is 5.45. The Labute approximate surface area is 139 Å². The van der Waals surface area contributed by atoms with Crippen molar-refractivity contribution in [3.8, 4) is 0 Å². The summed E-state index contributed by atoms with van der Waals surface area (Å²) in [4.78, 5) is 9.02. The number of anilines is 2. The molecule has 7 heteroatoms. The average Bonchev–Trinajstić information content (AvgIpc) is 2.90. The van der Waals surface area contributed by atoms with E-state index in [4.69, 9.17) is 5.73 Å². The van der Waals surface area contributed by atoms with Gasteiger partial charge in [-0.1, -0.05) is 6.07 Å². The molecule has 3 aromatic rings. The second-order valence-corrected chi connectivity index (χ2v) is 7.85. The number of nitrogens with zero attached hydrogens (tertiary/aromatic N) is 2. The van der Waals surface area contributed by atoms with E-state index in [1.165, 1.54) is 0 Å². The maximum atomic E-state index is 12.2. The minimum Gasteiger partial charge on any atom is -0.396 e. The number of nitrogens with one attached hydrogen (secondary N) is 1. The molecule has 3 N–H and O–H groups in total. The molecule has 3 heterocycles. The minimum atomic E-state index is -3.20. The van der Waals surface area contributed by atoms with E-state index in [9.17, 15) is 8.42 Å². The molecule has 0 bridgehead atoms. The largest absolute Gasteiger partial charge is 0.396 e. The summed E-state index contributed by atoms with van der Waals surface area (Å²) >= 11 is 0.